The molecule has 0 unspecified atom stereocenters. The number of aromatic nitrogens is 4. The second kappa shape index (κ2) is 5.58. The van der Waals surface area contributed by atoms with E-state index in [1.165, 1.54) is 5.56 Å². The highest BCUT2D eigenvalue weighted by Crippen LogP contribution is 2.39. The summed E-state index contributed by atoms with van der Waals surface area (Å²) in [4.78, 5) is 0. The molecule has 3 rings (SSSR count). The molecule has 0 spiro atoms. The average molecular weight is 318 g/mol. The summed E-state index contributed by atoms with van der Waals surface area (Å²) in [5.74, 6) is 1.30. The lowest BCUT2D eigenvalue weighted by Crippen LogP contribution is -2.47. The molecule has 23 heavy (non-hydrogen) atoms. The minimum atomic E-state index is -0.858. The summed E-state index contributed by atoms with van der Waals surface area (Å²) in [6, 6.07) is 6.10. The summed E-state index contributed by atoms with van der Waals surface area (Å²) in [6.07, 6.45) is 0. The van der Waals surface area contributed by atoms with Crippen molar-refractivity contribution in [2.24, 2.45) is 0 Å². The van der Waals surface area contributed by atoms with Crippen LogP contribution >= 0.6 is 0 Å². The maximum atomic E-state index is 6.24. The molecule has 7 nitrogen and oxygen atoms in total. The van der Waals surface area contributed by atoms with Gasteiger partial charge in [-0.3, -0.25) is 0 Å². The fourth-order valence-corrected chi connectivity index (χ4v) is 2.82. The summed E-state index contributed by atoms with van der Waals surface area (Å²) in [5, 5.41) is 12.1. The van der Waals surface area contributed by atoms with Crippen LogP contribution in [0.5, 0.6) is 5.75 Å². The lowest BCUT2D eigenvalue weighted by molar-refractivity contribution is -0.0748. The van der Waals surface area contributed by atoms with Gasteiger partial charge in [0, 0.05) is 14.2 Å². The van der Waals surface area contributed by atoms with Crippen LogP contribution in [0, 0.1) is 0 Å². The molecule has 0 amide bonds. The summed E-state index contributed by atoms with van der Waals surface area (Å²) >= 11 is 0. The lowest BCUT2D eigenvalue weighted by atomic mass is 9.86. The summed E-state index contributed by atoms with van der Waals surface area (Å²) < 4.78 is 18.6. The van der Waals surface area contributed by atoms with Gasteiger partial charge in [-0.1, -0.05) is 26.8 Å². The third-order valence-electron chi connectivity index (χ3n) is 3.99. The zero-order chi connectivity index (χ0) is 16.7. The van der Waals surface area contributed by atoms with Crippen molar-refractivity contribution in [3.05, 3.63) is 29.6 Å². The average Bonchev–Trinajstić information content (AvgIpc) is 2.97. The van der Waals surface area contributed by atoms with E-state index in [9.17, 15) is 0 Å². The third-order valence-corrected chi connectivity index (χ3v) is 3.99. The minimum Gasteiger partial charge on any atom is -0.472 e. The second-order valence-corrected chi connectivity index (χ2v) is 6.81. The molecule has 0 saturated heterocycles. The SMILES string of the molecule is COCC1(COC)Oc2ccc(C(C)(C)C)cc2-n2nnnc21. The standard InChI is InChI=1S/C16H22N4O3/c1-15(2,3)11-6-7-13-12(8-11)20-14(17-18-19-20)16(23-13,9-21-4)10-22-5/h6-8H,9-10H2,1-5H3. The number of tetrazole rings is 1. The van der Waals surface area contributed by atoms with Crippen LogP contribution in [0.15, 0.2) is 18.2 Å². The Bertz CT molecular complexity index is 700. The summed E-state index contributed by atoms with van der Waals surface area (Å²) in [7, 11) is 3.24. The van der Waals surface area contributed by atoms with E-state index in [0.717, 1.165) is 5.69 Å². The van der Waals surface area contributed by atoms with E-state index in [-0.39, 0.29) is 5.41 Å². The number of hydrogen-bond acceptors (Lipinski definition) is 6. The molecule has 2 heterocycles. The van der Waals surface area contributed by atoms with E-state index in [1.807, 2.05) is 6.07 Å². The van der Waals surface area contributed by atoms with Gasteiger partial charge in [-0.2, -0.15) is 4.68 Å². The number of rotatable bonds is 4. The predicted octanol–water partition coefficient (Wildman–Crippen LogP) is 1.84. The molecule has 0 aliphatic carbocycles. The van der Waals surface area contributed by atoms with Crippen LogP contribution in [-0.2, 0) is 20.5 Å². The molecule has 0 radical (unpaired) electrons. The molecule has 7 heteroatoms. The highest BCUT2D eigenvalue weighted by molar-refractivity contribution is 5.52. The van der Waals surface area contributed by atoms with Gasteiger partial charge in [0.2, 0.25) is 11.4 Å². The zero-order valence-electron chi connectivity index (χ0n) is 14.2. The van der Waals surface area contributed by atoms with Crippen LogP contribution in [0.25, 0.3) is 5.69 Å². The van der Waals surface area contributed by atoms with Crippen molar-refractivity contribution in [2.75, 3.05) is 27.4 Å². The molecule has 1 aromatic carbocycles. The van der Waals surface area contributed by atoms with E-state index in [0.29, 0.717) is 24.8 Å². The first-order valence-corrected chi connectivity index (χ1v) is 7.52. The molecule has 124 valence electrons. The quantitative estimate of drug-likeness (QED) is 0.856. The van der Waals surface area contributed by atoms with Gasteiger partial charge in [0.15, 0.2) is 0 Å². The third kappa shape index (κ3) is 2.60. The number of nitrogens with zero attached hydrogens (tertiary/aromatic N) is 4. The Hall–Kier alpha value is -1.99. The highest BCUT2D eigenvalue weighted by atomic mass is 16.6. The Kier molecular flexibility index (Phi) is 3.85. The molecule has 0 atom stereocenters. The van der Waals surface area contributed by atoms with E-state index in [1.54, 1.807) is 18.9 Å². The summed E-state index contributed by atoms with van der Waals surface area (Å²) in [6.45, 7) is 7.08. The Morgan fingerprint density at radius 2 is 1.87 bits per heavy atom. The van der Waals surface area contributed by atoms with Crippen LogP contribution in [0.3, 0.4) is 0 Å². The van der Waals surface area contributed by atoms with Crippen molar-refractivity contribution in [3.63, 3.8) is 0 Å². The lowest BCUT2D eigenvalue weighted by Gasteiger charge is -2.36. The topological polar surface area (TPSA) is 71.3 Å². The first-order valence-electron chi connectivity index (χ1n) is 7.52. The number of hydrogen-bond donors (Lipinski definition) is 0. The number of fused-ring (bicyclic) bond motifs is 3. The highest BCUT2D eigenvalue weighted by Gasteiger charge is 2.45. The molecule has 0 fully saturated rings. The molecule has 1 aliphatic heterocycles. The van der Waals surface area contributed by atoms with Crippen LogP contribution in [0.2, 0.25) is 0 Å². The first-order chi connectivity index (χ1) is 10.9. The van der Waals surface area contributed by atoms with Gasteiger partial charge in [-0.15, -0.1) is 5.10 Å². The van der Waals surface area contributed by atoms with Crippen molar-refractivity contribution < 1.29 is 14.2 Å². The fraction of sp³-hybridized carbons (Fsp3) is 0.562. The van der Waals surface area contributed by atoms with Gasteiger partial charge in [0.25, 0.3) is 0 Å². The van der Waals surface area contributed by atoms with Gasteiger partial charge in [-0.05, 0) is 33.5 Å². The number of ether oxygens (including phenoxy) is 3. The van der Waals surface area contributed by atoms with Gasteiger partial charge in [0.05, 0.1) is 13.2 Å². The number of benzene rings is 1. The molecule has 0 bridgehead atoms. The maximum Gasteiger partial charge on any atom is 0.216 e. The molecule has 1 aliphatic rings. The Labute approximate surface area is 135 Å². The molecule has 2 aromatic rings. The van der Waals surface area contributed by atoms with Gasteiger partial charge < -0.3 is 14.2 Å². The smallest absolute Gasteiger partial charge is 0.216 e. The summed E-state index contributed by atoms with van der Waals surface area (Å²) in [5.41, 5.74) is 1.19. The van der Waals surface area contributed by atoms with Crippen LogP contribution < -0.4 is 4.74 Å². The van der Waals surface area contributed by atoms with Crippen molar-refractivity contribution in [1.82, 2.24) is 20.2 Å². The van der Waals surface area contributed by atoms with Crippen molar-refractivity contribution in [1.29, 1.82) is 0 Å². The Balaban J connectivity index is 2.15. The van der Waals surface area contributed by atoms with Crippen molar-refractivity contribution >= 4 is 0 Å². The fourth-order valence-electron chi connectivity index (χ4n) is 2.82. The molecule has 0 saturated carbocycles. The van der Waals surface area contributed by atoms with Crippen LogP contribution in [0.1, 0.15) is 32.2 Å². The molecule has 0 N–H and O–H groups in total. The number of methoxy groups -OCH3 is 2. The Morgan fingerprint density at radius 3 is 2.48 bits per heavy atom. The zero-order valence-corrected chi connectivity index (χ0v) is 14.2. The van der Waals surface area contributed by atoms with Gasteiger partial charge in [-0.25, -0.2) is 0 Å². The van der Waals surface area contributed by atoms with Crippen LogP contribution in [-0.4, -0.2) is 47.6 Å². The largest absolute Gasteiger partial charge is 0.472 e. The monoisotopic (exact) mass is 318 g/mol. The molecular weight excluding hydrogens is 296 g/mol. The molecule has 1 aromatic heterocycles. The van der Waals surface area contributed by atoms with Crippen LogP contribution in [0.4, 0.5) is 0 Å². The molecular formula is C16H22N4O3. The van der Waals surface area contributed by atoms with E-state index in [4.69, 9.17) is 14.2 Å². The van der Waals surface area contributed by atoms with Gasteiger partial charge in [0.1, 0.15) is 11.4 Å². The normalized spacial score (nSPS) is 15.7. The second-order valence-electron chi connectivity index (χ2n) is 6.81. The van der Waals surface area contributed by atoms with Crippen molar-refractivity contribution in [3.8, 4) is 11.4 Å². The predicted molar refractivity (Wildman–Crippen MR) is 83.9 cm³/mol. The maximum absolute atomic E-state index is 6.24. The van der Waals surface area contributed by atoms with E-state index in [2.05, 4.69) is 48.4 Å². The van der Waals surface area contributed by atoms with E-state index < -0.39 is 5.60 Å². The van der Waals surface area contributed by atoms with Gasteiger partial charge >= 0.3 is 0 Å². The van der Waals surface area contributed by atoms with E-state index >= 15 is 0 Å². The first kappa shape index (κ1) is 15.9. The Morgan fingerprint density at radius 1 is 1.17 bits per heavy atom. The minimum absolute atomic E-state index is 0.0246. The van der Waals surface area contributed by atoms with Crippen molar-refractivity contribution in [2.45, 2.75) is 31.8 Å².